The van der Waals surface area contributed by atoms with Crippen molar-refractivity contribution >= 4 is 11.8 Å². The van der Waals surface area contributed by atoms with Crippen LogP contribution in [-0.4, -0.2) is 41.3 Å². The molecule has 2 aromatic rings. The fraction of sp³-hybridized carbons (Fsp3) is 0.429. The lowest BCUT2D eigenvalue weighted by atomic mass is 10.1. The number of carbonyl (C=O) groups excluding carboxylic acids is 2. The number of carbonyl (C=O) groups is 2. The van der Waals surface area contributed by atoms with Gasteiger partial charge in [0.25, 0.3) is 11.5 Å². The highest BCUT2D eigenvalue weighted by atomic mass is 16.5. The fourth-order valence-corrected chi connectivity index (χ4v) is 3.28. The number of benzene rings is 1. The number of nitrogens with one attached hydrogen (secondary N) is 2. The summed E-state index contributed by atoms with van der Waals surface area (Å²) in [5.41, 5.74) is -0.159. The molecule has 8 nitrogen and oxygen atoms in total. The van der Waals surface area contributed by atoms with Crippen molar-refractivity contribution in [2.75, 3.05) is 19.7 Å². The van der Waals surface area contributed by atoms with Crippen molar-refractivity contribution in [3.63, 3.8) is 0 Å². The van der Waals surface area contributed by atoms with Crippen molar-refractivity contribution in [3.05, 3.63) is 58.5 Å². The molecule has 0 radical (unpaired) electrons. The van der Waals surface area contributed by atoms with Crippen LogP contribution in [0.3, 0.4) is 0 Å². The number of rotatable bonds is 9. The van der Waals surface area contributed by atoms with E-state index in [0.29, 0.717) is 18.8 Å². The Balaban J connectivity index is 1.44. The maximum atomic E-state index is 12.3. The minimum Gasteiger partial charge on any atom is -0.492 e. The molecular weight excluding hydrogens is 372 g/mol. The van der Waals surface area contributed by atoms with Crippen molar-refractivity contribution in [1.82, 2.24) is 20.4 Å². The van der Waals surface area contributed by atoms with Gasteiger partial charge in [0.15, 0.2) is 0 Å². The van der Waals surface area contributed by atoms with E-state index in [1.807, 2.05) is 30.3 Å². The zero-order valence-corrected chi connectivity index (χ0v) is 16.3. The molecule has 0 aliphatic heterocycles. The average molecular weight is 398 g/mol. The van der Waals surface area contributed by atoms with Crippen LogP contribution in [0.2, 0.25) is 0 Å². The van der Waals surface area contributed by atoms with E-state index in [1.165, 1.54) is 16.8 Å². The number of hydrogen-bond donors (Lipinski definition) is 2. The summed E-state index contributed by atoms with van der Waals surface area (Å²) in [5.74, 6) is 0.475. The molecule has 29 heavy (non-hydrogen) atoms. The molecular formula is C21H26N4O4. The normalized spacial score (nSPS) is 13.8. The predicted octanol–water partition coefficient (Wildman–Crippen LogP) is 1.36. The van der Waals surface area contributed by atoms with Crippen LogP contribution in [0, 0.1) is 5.92 Å². The van der Waals surface area contributed by atoms with Crippen molar-refractivity contribution in [2.45, 2.75) is 32.2 Å². The van der Waals surface area contributed by atoms with Crippen molar-refractivity contribution in [3.8, 4) is 5.75 Å². The third-order valence-electron chi connectivity index (χ3n) is 4.85. The molecule has 0 saturated heterocycles. The monoisotopic (exact) mass is 398 g/mol. The number of nitrogens with zero attached hydrogens (tertiary/aromatic N) is 2. The van der Waals surface area contributed by atoms with Crippen molar-refractivity contribution in [1.29, 1.82) is 0 Å². The maximum absolute atomic E-state index is 12.3. The van der Waals surface area contributed by atoms with Gasteiger partial charge in [-0.05, 0) is 31.0 Å². The molecule has 154 valence electrons. The number of hydrogen-bond acceptors (Lipinski definition) is 5. The van der Waals surface area contributed by atoms with E-state index >= 15 is 0 Å². The molecule has 1 heterocycles. The largest absolute Gasteiger partial charge is 0.492 e. The van der Waals surface area contributed by atoms with E-state index in [9.17, 15) is 14.4 Å². The van der Waals surface area contributed by atoms with E-state index in [2.05, 4.69) is 15.7 Å². The highest BCUT2D eigenvalue weighted by Crippen LogP contribution is 2.24. The second kappa shape index (κ2) is 10.4. The summed E-state index contributed by atoms with van der Waals surface area (Å²) in [6, 6.07) is 12.0. The lowest BCUT2D eigenvalue weighted by molar-refractivity contribution is -0.124. The van der Waals surface area contributed by atoms with Gasteiger partial charge in [0.2, 0.25) is 5.91 Å². The number of ether oxygens (including phenoxy) is 1. The molecule has 0 atom stereocenters. The zero-order chi connectivity index (χ0) is 20.5. The molecule has 1 aromatic carbocycles. The predicted molar refractivity (Wildman–Crippen MR) is 108 cm³/mol. The Morgan fingerprint density at radius 1 is 1.03 bits per heavy atom. The van der Waals surface area contributed by atoms with Crippen molar-refractivity contribution in [2.24, 2.45) is 5.92 Å². The molecule has 1 aliphatic carbocycles. The van der Waals surface area contributed by atoms with E-state index in [0.717, 1.165) is 25.7 Å². The summed E-state index contributed by atoms with van der Waals surface area (Å²) in [4.78, 5) is 36.2. The van der Waals surface area contributed by atoms with E-state index < -0.39 is 5.91 Å². The van der Waals surface area contributed by atoms with Crippen LogP contribution in [0.15, 0.2) is 47.3 Å². The van der Waals surface area contributed by atoms with Crippen LogP contribution in [-0.2, 0) is 11.3 Å². The molecule has 2 N–H and O–H groups in total. The molecule has 1 aliphatic rings. The zero-order valence-electron chi connectivity index (χ0n) is 16.3. The molecule has 8 heteroatoms. The van der Waals surface area contributed by atoms with Gasteiger partial charge in [-0.3, -0.25) is 14.4 Å². The Bertz CT molecular complexity index is 876. The Kier molecular flexibility index (Phi) is 7.38. The average Bonchev–Trinajstić information content (AvgIpc) is 3.28. The van der Waals surface area contributed by atoms with Crippen LogP contribution in [0.4, 0.5) is 0 Å². The van der Waals surface area contributed by atoms with Gasteiger partial charge in [-0.15, -0.1) is 0 Å². The van der Waals surface area contributed by atoms with Crippen LogP contribution in [0.25, 0.3) is 0 Å². The first-order valence-corrected chi connectivity index (χ1v) is 9.95. The number of amides is 2. The topological polar surface area (TPSA) is 102 Å². The van der Waals surface area contributed by atoms with Gasteiger partial charge in [0.05, 0.1) is 6.54 Å². The quantitative estimate of drug-likeness (QED) is 0.621. The number of para-hydroxylation sites is 1. The van der Waals surface area contributed by atoms with Crippen LogP contribution in [0.1, 0.15) is 36.2 Å². The fourth-order valence-electron chi connectivity index (χ4n) is 3.28. The van der Waals surface area contributed by atoms with Gasteiger partial charge in [0, 0.05) is 25.1 Å². The summed E-state index contributed by atoms with van der Waals surface area (Å²) in [6.07, 6.45) is 4.09. The standard InChI is InChI=1S/C21H26N4O4/c26-19-11-10-18(24-25(19)14-15-29-17-8-2-1-3-9-17)21(28)23-13-12-22-20(27)16-6-4-5-7-16/h1-3,8-11,16H,4-7,12-15H2,(H,22,27)(H,23,28). The van der Waals surface area contributed by atoms with Gasteiger partial charge < -0.3 is 15.4 Å². The molecule has 1 fully saturated rings. The maximum Gasteiger partial charge on any atom is 0.271 e. The van der Waals surface area contributed by atoms with Gasteiger partial charge in [-0.1, -0.05) is 31.0 Å². The van der Waals surface area contributed by atoms with Gasteiger partial charge in [0.1, 0.15) is 18.1 Å². The Labute approximate surface area is 169 Å². The first-order chi connectivity index (χ1) is 14.1. The highest BCUT2D eigenvalue weighted by Gasteiger charge is 2.22. The summed E-state index contributed by atoms with van der Waals surface area (Å²) in [7, 11) is 0. The molecule has 0 bridgehead atoms. The molecule has 2 amide bonds. The molecule has 1 aromatic heterocycles. The highest BCUT2D eigenvalue weighted by molar-refractivity contribution is 5.92. The second-order valence-corrected chi connectivity index (χ2v) is 6.97. The summed E-state index contributed by atoms with van der Waals surface area (Å²) >= 11 is 0. The summed E-state index contributed by atoms with van der Waals surface area (Å²) in [5, 5.41) is 9.67. The van der Waals surface area contributed by atoms with Gasteiger partial charge in [-0.25, -0.2) is 4.68 Å². The summed E-state index contributed by atoms with van der Waals surface area (Å²) in [6.45, 7) is 1.16. The lowest BCUT2D eigenvalue weighted by Gasteiger charge is -2.11. The first-order valence-electron chi connectivity index (χ1n) is 9.95. The smallest absolute Gasteiger partial charge is 0.271 e. The van der Waals surface area contributed by atoms with Crippen LogP contribution >= 0.6 is 0 Å². The summed E-state index contributed by atoms with van der Waals surface area (Å²) < 4.78 is 6.78. The van der Waals surface area contributed by atoms with Gasteiger partial charge >= 0.3 is 0 Å². The Morgan fingerprint density at radius 3 is 2.52 bits per heavy atom. The first kappa shape index (κ1) is 20.6. The van der Waals surface area contributed by atoms with E-state index in [-0.39, 0.29) is 36.2 Å². The van der Waals surface area contributed by atoms with Crippen molar-refractivity contribution < 1.29 is 14.3 Å². The minimum absolute atomic E-state index is 0.0573. The van der Waals surface area contributed by atoms with Gasteiger partial charge in [-0.2, -0.15) is 5.10 Å². The second-order valence-electron chi connectivity index (χ2n) is 6.97. The molecule has 0 unspecified atom stereocenters. The third kappa shape index (κ3) is 6.17. The Hall–Kier alpha value is -3.16. The Morgan fingerprint density at radius 2 is 1.76 bits per heavy atom. The van der Waals surface area contributed by atoms with Crippen LogP contribution in [0.5, 0.6) is 5.75 Å². The third-order valence-corrected chi connectivity index (χ3v) is 4.85. The van der Waals surface area contributed by atoms with E-state index in [4.69, 9.17) is 4.74 Å². The molecule has 1 saturated carbocycles. The lowest BCUT2D eigenvalue weighted by Crippen LogP contribution is -2.38. The molecule has 3 rings (SSSR count). The minimum atomic E-state index is -0.391. The molecule has 0 spiro atoms. The SMILES string of the molecule is O=C(NCCNC(=O)C1CCCC1)c1ccc(=O)n(CCOc2ccccc2)n1. The number of aromatic nitrogens is 2. The van der Waals surface area contributed by atoms with Crippen LogP contribution < -0.4 is 20.9 Å². The van der Waals surface area contributed by atoms with E-state index in [1.54, 1.807) is 0 Å².